The van der Waals surface area contributed by atoms with E-state index in [2.05, 4.69) is 13.0 Å². The summed E-state index contributed by atoms with van der Waals surface area (Å²) in [6, 6.07) is 0. The van der Waals surface area contributed by atoms with Crippen LogP contribution in [-0.2, 0) is 19.1 Å². The average Bonchev–Trinajstić information content (AvgIpc) is 2.95. The van der Waals surface area contributed by atoms with Gasteiger partial charge in [0.2, 0.25) is 0 Å². The molecule has 4 rings (SSSR count). The summed E-state index contributed by atoms with van der Waals surface area (Å²) in [5, 5.41) is 0. The third-order valence-corrected chi connectivity index (χ3v) is 8.79. The van der Waals surface area contributed by atoms with Crippen LogP contribution in [0.1, 0.15) is 72.6 Å². The molecule has 7 atom stereocenters. The van der Waals surface area contributed by atoms with Crippen molar-refractivity contribution in [3.8, 4) is 0 Å². The Kier molecular flexibility index (Phi) is 4.40. The molecule has 3 fully saturated rings. The number of carbonyl (C=O) groups is 3. The summed E-state index contributed by atoms with van der Waals surface area (Å²) in [5.74, 6) is 1.88. The van der Waals surface area contributed by atoms with Gasteiger partial charge in [0.15, 0.2) is 5.78 Å². The fourth-order valence-electron chi connectivity index (χ4n) is 7.38. The van der Waals surface area contributed by atoms with Crippen molar-refractivity contribution in [3.63, 3.8) is 0 Å². The fourth-order valence-corrected chi connectivity index (χ4v) is 7.38. The smallest absolute Gasteiger partial charge is 0.302 e. The Labute approximate surface area is 162 Å². The Hall–Kier alpha value is -1.45. The normalized spacial score (nSPS) is 46.0. The molecule has 0 aliphatic heterocycles. The number of fused-ring (bicyclic) bond motifs is 5. The molecule has 27 heavy (non-hydrogen) atoms. The van der Waals surface area contributed by atoms with E-state index in [0.29, 0.717) is 24.2 Å². The van der Waals surface area contributed by atoms with Gasteiger partial charge in [0, 0.05) is 18.9 Å². The van der Waals surface area contributed by atoms with Crippen molar-refractivity contribution in [2.75, 3.05) is 0 Å². The molecular formula is C23H32O4. The molecule has 0 radical (unpaired) electrons. The summed E-state index contributed by atoms with van der Waals surface area (Å²) in [4.78, 5) is 36.9. The predicted molar refractivity (Wildman–Crippen MR) is 102 cm³/mol. The number of hydrogen-bond donors (Lipinski definition) is 0. The van der Waals surface area contributed by atoms with Crippen molar-refractivity contribution in [2.45, 2.75) is 78.7 Å². The first-order valence-corrected chi connectivity index (χ1v) is 10.6. The first-order chi connectivity index (χ1) is 12.7. The lowest BCUT2D eigenvalue weighted by Gasteiger charge is -2.60. The van der Waals surface area contributed by atoms with Crippen LogP contribution >= 0.6 is 0 Å². The first kappa shape index (κ1) is 18.9. The van der Waals surface area contributed by atoms with Gasteiger partial charge in [-0.25, -0.2) is 0 Å². The van der Waals surface area contributed by atoms with E-state index in [1.807, 2.05) is 6.92 Å². The molecular weight excluding hydrogens is 340 g/mol. The molecule has 3 saturated carbocycles. The van der Waals surface area contributed by atoms with Crippen LogP contribution in [0.3, 0.4) is 0 Å². The number of Topliss-reactive ketones (excluding diaryl/α,β-unsaturated/α-hetero) is 2. The third-order valence-electron chi connectivity index (χ3n) is 8.79. The van der Waals surface area contributed by atoms with Gasteiger partial charge in [0.1, 0.15) is 11.9 Å². The molecule has 0 spiro atoms. The summed E-state index contributed by atoms with van der Waals surface area (Å²) in [7, 11) is 0. The minimum Gasteiger partial charge on any atom is -0.463 e. The van der Waals surface area contributed by atoms with Crippen LogP contribution in [-0.4, -0.2) is 23.6 Å². The highest BCUT2D eigenvalue weighted by atomic mass is 16.5. The van der Waals surface area contributed by atoms with Crippen molar-refractivity contribution in [1.82, 2.24) is 0 Å². The van der Waals surface area contributed by atoms with Gasteiger partial charge < -0.3 is 4.74 Å². The lowest BCUT2D eigenvalue weighted by molar-refractivity contribution is -0.163. The zero-order valence-corrected chi connectivity index (χ0v) is 17.0. The second-order valence-corrected chi connectivity index (χ2v) is 9.90. The number of ether oxygens (including phenoxy) is 1. The lowest BCUT2D eigenvalue weighted by Crippen LogP contribution is -2.57. The van der Waals surface area contributed by atoms with Crippen molar-refractivity contribution >= 4 is 17.5 Å². The SMILES string of the molecule is CC(=O)O[C@H]1CC[C@@]2(C)[C@@H](CC[C@H]3[C@@H]4CC=C(C(C)=O)[C@@]4(C)C(=O)C[C@@H]32)C1. The zero-order chi connectivity index (χ0) is 19.6. The van der Waals surface area contributed by atoms with Crippen molar-refractivity contribution in [2.24, 2.45) is 34.5 Å². The van der Waals surface area contributed by atoms with Crippen LogP contribution in [0, 0.1) is 34.5 Å². The van der Waals surface area contributed by atoms with Crippen molar-refractivity contribution in [1.29, 1.82) is 0 Å². The third kappa shape index (κ3) is 2.66. The average molecular weight is 373 g/mol. The van der Waals surface area contributed by atoms with Gasteiger partial charge in [-0.15, -0.1) is 0 Å². The summed E-state index contributed by atoms with van der Waals surface area (Å²) in [5.41, 5.74) is 0.350. The number of carbonyl (C=O) groups excluding carboxylic acids is 3. The molecule has 0 aromatic heterocycles. The molecule has 0 amide bonds. The van der Waals surface area contributed by atoms with Crippen LogP contribution in [0.25, 0.3) is 0 Å². The molecule has 4 nitrogen and oxygen atoms in total. The van der Waals surface area contributed by atoms with Crippen molar-refractivity contribution in [3.05, 3.63) is 11.6 Å². The van der Waals surface area contributed by atoms with E-state index in [1.54, 1.807) is 6.92 Å². The van der Waals surface area contributed by atoms with Gasteiger partial charge in [-0.3, -0.25) is 14.4 Å². The maximum absolute atomic E-state index is 13.3. The molecule has 0 heterocycles. The predicted octanol–water partition coefficient (Wildman–Crippen LogP) is 4.27. The molecule has 4 aliphatic rings. The topological polar surface area (TPSA) is 60.4 Å². The van der Waals surface area contributed by atoms with Gasteiger partial charge in [0.05, 0.1) is 5.41 Å². The van der Waals surface area contributed by atoms with E-state index in [0.717, 1.165) is 44.1 Å². The van der Waals surface area contributed by atoms with Crippen LogP contribution in [0.5, 0.6) is 0 Å². The maximum atomic E-state index is 13.3. The number of hydrogen-bond acceptors (Lipinski definition) is 4. The molecule has 0 bridgehead atoms. The number of ketones is 2. The Balaban J connectivity index is 1.60. The van der Waals surface area contributed by atoms with Gasteiger partial charge in [-0.2, -0.15) is 0 Å². The highest BCUT2D eigenvalue weighted by Crippen LogP contribution is 2.65. The standard InChI is InChI=1S/C23H32O4/c1-13(24)18-7-8-19-17-6-5-15-11-16(27-14(2)25)9-10-22(15,3)20(17)12-21(26)23(18,19)4/h7,15-17,19-20H,5-6,8-12H2,1-4H3/t15-,16-,17-,19-,20-,22-,23+/m0/s1. The van der Waals surface area contributed by atoms with Gasteiger partial charge in [-0.1, -0.05) is 13.0 Å². The summed E-state index contributed by atoms with van der Waals surface area (Å²) < 4.78 is 5.52. The monoisotopic (exact) mass is 372 g/mol. The van der Waals surface area contributed by atoms with E-state index < -0.39 is 5.41 Å². The lowest BCUT2D eigenvalue weighted by atomic mass is 9.44. The largest absolute Gasteiger partial charge is 0.463 e. The molecule has 0 aromatic rings. The second-order valence-electron chi connectivity index (χ2n) is 9.90. The minimum absolute atomic E-state index is 0.0409. The summed E-state index contributed by atoms with van der Waals surface area (Å²) >= 11 is 0. The molecule has 0 N–H and O–H groups in total. The highest BCUT2D eigenvalue weighted by molar-refractivity contribution is 6.04. The number of rotatable bonds is 2. The van der Waals surface area contributed by atoms with E-state index in [1.165, 1.54) is 6.92 Å². The number of esters is 1. The van der Waals surface area contributed by atoms with Crippen LogP contribution in [0.2, 0.25) is 0 Å². The van der Waals surface area contributed by atoms with Gasteiger partial charge >= 0.3 is 5.97 Å². The van der Waals surface area contributed by atoms with Gasteiger partial charge in [-0.05, 0) is 81.5 Å². The van der Waals surface area contributed by atoms with Crippen LogP contribution < -0.4 is 0 Å². The Morgan fingerprint density at radius 2 is 1.85 bits per heavy atom. The fraction of sp³-hybridized carbons (Fsp3) is 0.783. The first-order valence-electron chi connectivity index (χ1n) is 10.6. The second kappa shape index (κ2) is 6.28. The summed E-state index contributed by atoms with van der Waals surface area (Å²) in [6.45, 7) is 7.50. The molecule has 0 aromatic carbocycles. The molecule has 148 valence electrons. The number of allylic oxidation sites excluding steroid dienone is 2. The van der Waals surface area contributed by atoms with Gasteiger partial charge in [0.25, 0.3) is 0 Å². The van der Waals surface area contributed by atoms with Crippen LogP contribution in [0.4, 0.5) is 0 Å². The molecule has 0 unspecified atom stereocenters. The maximum Gasteiger partial charge on any atom is 0.302 e. The molecule has 4 heteroatoms. The summed E-state index contributed by atoms with van der Waals surface area (Å²) in [6.07, 6.45) is 8.72. The minimum atomic E-state index is -0.564. The van der Waals surface area contributed by atoms with E-state index in [-0.39, 0.29) is 35.0 Å². The Bertz CT molecular complexity index is 722. The van der Waals surface area contributed by atoms with Crippen molar-refractivity contribution < 1.29 is 19.1 Å². The molecule has 0 saturated heterocycles. The zero-order valence-electron chi connectivity index (χ0n) is 17.0. The Morgan fingerprint density at radius 3 is 2.52 bits per heavy atom. The Morgan fingerprint density at radius 1 is 1.11 bits per heavy atom. The van der Waals surface area contributed by atoms with E-state index >= 15 is 0 Å². The highest BCUT2D eigenvalue weighted by Gasteiger charge is 2.62. The molecule has 4 aliphatic carbocycles. The van der Waals surface area contributed by atoms with E-state index in [4.69, 9.17) is 4.74 Å². The van der Waals surface area contributed by atoms with E-state index in [9.17, 15) is 14.4 Å². The van der Waals surface area contributed by atoms with Crippen LogP contribution in [0.15, 0.2) is 11.6 Å². The quantitative estimate of drug-likeness (QED) is 0.679.